The molecule has 3 saturated carbocycles. The highest BCUT2D eigenvalue weighted by atomic mass is 19.3. The van der Waals surface area contributed by atoms with Crippen LogP contribution in [0, 0.1) is 34.5 Å². The number of alkyl halides is 2. The molecule has 0 bridgehead atoms. The molecule has 0 aromatic rings. The van der Waals surface area contributed by atoms with Crippen LogP contribution < -0.4 is 0 Å². The van der Waals surface area contributed by atoms with Crippen LogP contribution >= 0.6 is 0 Å². The number of hydrogen-bond donors (Lipinski definition) is 0. The quantitative estimate of drug-likeness (QED) is 0.632. The summed E-state index contributed by atoms with van der Waals surface area (Å²) >= 11 is 0. The van der Waals surface area contributed by atoms with Crippen molar-refractivity contribution in [3.05, 3.63) is 11.6 Å². The van der Waals surface area contributed by atoms with Crippen molar-refractivity contribution in [3.8, 4) is 0 Å². The summed E-state index contributed by atoms with van der Waals surface area (Å²) in [6.07, 6.45) is 7.23. The molecule has 1 nitrogen and oxygen atoms in total. The summed E-state index contributed by atoms with van der Waals surface area (Å²) in [5.41, 5.74) is 1.36. The van der Waals surface area contributed by atoms with E-state index in [9.17, 15) is 13.6 Å². The first-order valence-electron chi connectivity index (χ1n) is 9.38. The van der Waals surface area contributed by atoms with Crippen LogP contribution in [0.15, 0.2) is 11.6 Å². The summed E-state index contributed by atoms with van der Waals surface area (Å²) in [5.74, 6) is 1.55. The van der Waals surface area contributed by atoms with Crippen LogP contribution in [0.25, 0.3) is 0 Å². The van der Waals surface area contributed by atoms with Gasteiger partial charge < -0.3 is 0 Å². The summed E-state index contributed by atoms with van der Waals surface area (Å²) in [5, 5.41) is 0. The predicted molar refractivity (Wildman–Crippen MR) is 86.2 cm³/mol. The van der Waals surface area contributed by atoms with Crippen LogP contribution in [0.4, 0.5) is 8.78 Å². The fourth-order valence-corrected chi connectivity index (χ4v) is 7.01. The van der Waals surface area contributed by atoms with E-state index in [1.807, 2.05) is 6.08 Å². The smallest absolute Gasteiger partial charge is 0.241 e. The summed E-state index contributed by atoms with van der Waals surface area (Å²) in [7, 11) is 0. The lowest BCUT2D eigenvalue weighted by atomic mass is 9.47. The second-order valence-electron chi connectivity index (χ2n) is 9.03. The van der Waals surface area contributed by atoms with Crippen LogP contribution in [0.2, 0.25) is 0 Å². The van der Waals surface area contributed by atoms with Gasteiger partial charge in [-0.3, -0.25) is 4.79 Å². The van der Waals surface area contributed by atoms with Crippen LogP contribution in [-0.4, -0.2) is 12.2 Å². The van der Waals surface area contributed by atoms with E-state index in [0.29, 0.717) is 30.6 Å². The van der Waals surface area contributed by atoms with E-state index < -0.39 is 12.3 Å². The number of fused-ring (bicyclic) bond motifs is 5. The van der Waals surface area contributed by atoms with Crippen molar-refractivity contribution in [1.82, 2.24) is 0 Å². The van der Waals surface area contributed by atoms with Crippen LogP contribution in [0.1, 0.15) is 65.2 Å². The summed E-state index contributed by atoms with van der Waals surface area (Å²) < 4.78 is 27.0. The van der Waals surface area contributed by atoms with E-state index in [-0.39, 0.29) is 16.6 Å². The Bertz CT molecular complexity index is 554. The Kier molecular flexibility index (Phi) is 3.52. The Hall–Kier alpha value is -0.730. The van der Waals surface area contributed by atoms with Crippen molar-refractivity contribution in [2.24, 2.45) is 34.5 Å². The number of ketones is 1. The molecule has 0 spiro atoms. The molecule has 4 aliphatic carbocycles. The SMILES string of the molecule is C[C@]12CC[C@H]3[C@@H](CCC4=CC(=O)CC[C@@]43C)[C@@H]1CC[C@@H]2C(F)F. The first-order valence-corrected chi connectivity index (χ1v) is 9.38. The third kappa shape index (κ3) is 2.10. The van der Waals surface area contributed by atoms with Crippen LogP contribution in [0.5, 0.6) is 0 Å². The molecule has 0 radical (unpaired) electrons. The van der Waals surface area contributed by atoms with Crippen molar-refractivity contribution in [2.45, 2.75) is 71.6 Å². The Labute approximate surface area is 137 Å². The Morgan fingerprint density at radius 2 is 1.83 bits per heavy atom. The molecule has 0 aromatic carbocycles. The first kappa shape index (κ1) is 15.8. The Morgan fingerprint density at radius 1 is 1.04 bits per heavy atom. The maximum Gasteiger partial charge on any atom is 0.241 e. The van der Waals surface area contributed by atoms with E-state index >= 15 is 0 Å². The summed E-state index contributed by atoms with van der Waals surface area (Å²) in [4.78, 5) is 11.8. The summed E-state index contributed by atoms with van der Waals surface area (Å²) in [6.45, 7) is 4.50. The Morgan fingerprint density at radius 3 is 2.57 bits per heavy atom. The number of halogens is 2. The van der Waals surface area contributed by atoms with Crippen molar-refractivity contribution in [3.63, 3.8) is 0 Å². The molecule has 23 heavy (non-hydrogen) atoms. The third-order valence-electron chi connectivity index (χ3n) is 8.34. The highest BCUT2D eigenvalue weighted by Crippen LogP contribution is 2.67. The van der Waals surface area contributed by atoms with Gasteiger partial charge in [0.2, 0.25) is 6.43 Å². The topological polar surface area (TPSA) is 17.1 Å². The third-order valence-corrected chi connectivity index (χ3v) is 8.34. The second-order valence-corrected chi connectivity index (χ2v) is 9.03. The van der Waals surface area contributed by atoms with E-state index in [1.165, 1.54) is 5.57 Å². The van der Waals surface area contributed by atoms with Gasteiger partial charge in [0, 0.05) is 12.3 Å². The number of carbonyl (C=O) groups is 1. The van der Waals surface area contributed by atoms with E-state index in [1.54, 1.807) is 0 Å². The van der Waals surface area contributed by atoms with Gasteiger partial charge in [-0.25, -0.2) is 8.78 Å². The van der Waals surface area contributed by atoms with Crippen molar-refractivity contribution < 1.29 is 13.6 Å². The molecule has 0 aliphatic heterocycles. The molecule has 0 aromatic heterocycles. The zero-order valence-corrected chi connectivity index (χ0v) is 14.3. The van der Waals surface area contributed by atoms with Gasteiger partial charge in [0.1, 0.15) is 0 Å². The number of carbonyl (C=O) groups excluding carboxylic acids is 1. The van der Waals surface area contributed by atoms with Gasteiger partial charge in [0.25, 0.3) is 0 Å². The molecule has 3 heteroatoms. The minimum Gasteiger partial charge on any atom is -0.295 e. The second kappa shape index (κ2) is 5.13. The average molecular weight is 322 g/mol. The molecule has 3 fully saturated rings. The number of rotatable bonds is 1. The van der Waals surface area contributed by atoms with E-state index in [4.69, 9.17) is 0 Å². The molecule has 0 unspecified atom stereocenters. The molecule has 6 atom stereocenters. The van der Waals surface area contributed by atoms with Gasteiger partial charge in [-0.15, -0.1) is 0 Å². The van der Waals surface area contributed by atoms with Crippen molar-refractivity contribution in [2.75, 3.05) is 0 Å². The fraction of sp³-hybridized carbons (Fsp3) is 0.850. The minimum atomic E-state index is -2.16. The van der Waals surface area contributed by atoms with Gasteiger partial charge in [-0.05, 0) is 79.6 Å². The van der Waals surface area contributed by atoms with Crippen LogP contribution in [-0.2, 0) is 4.79 Å². The Balaban J connectivity index is 1.66. The van der Waals surface area contributed by atoms with Crippen molar-refractivity contribution in [1.29, 1.82) is 0 Å². The molecule has 4 aliphatic rings. The van der Waals surface area contributed by atoms with Gasteiger partial charge >= 0.3 is 0 Å². The zero-order chi connectivity index (χ0) is 16.4. The molecule has 0 amide bonds. The van der Waals surface area contributed by atoms with E-state index in [2.05, 4.69) is 13.8 Å². The average Bonchev–Trinajstić information content (AvgIpc) is 2.85. The van der Waals surface area contributed by atoms with E-state index in [0.717, 1.165) is 38.5 Å². The molecule has 0 saturated heterocycles. The largest absolute Gasteiger partial charge is 0.295 e. The lowest BCUT2D eigenvalue weighted by Gasteiger charge is -2.58. The molecular formula is C20H28F2O. The maximum absolute atomic E-state index is 13.5. The molecule has 4 rings (SSSR count). The monoisotopic (exact) mass is 322 g/mol. The van der Waals surface area contributed by atoms with Gasteiger partial charge in [0.05, 0.1) is 0 Å². The molecule has 0 heterocycles. The minimum absolute atomic E-state index is 0.154. The van der Waals surface area contributed by atoms with Crippen LogP contribution in [0.3, 0.4) is 0 Å². The van der Waals surface area contributed by atoms with Gasteiger partial charge in [0.15, 0.2) is 5.78 Å². The lowest BCUT2D eigenvalue weighted by Crippen LogP contribution is -2.51. The normalized spacial score (nSPS) is 49.4. The highest BCUT2D eigenvalue weighted by molar-refractivity contribution is 5.91. The molecule has 128 valence electrons. The number of allylic oxidation sites excluding steroid dienone is 1. The van der Waals surface area contributed by atoms with Gasteiger partial charge in [-0.1, -0.05) is 19.4 Å². The lowest BCUT2D eigenvalue weighted by molar-refractivity contribution is -0.118. The number of hydrogen-bond acceptors (Lipinski definition) is 1. The molecular weight excluding hydrogens is 294 g/mol. The maximum atomic E-state index is 13.5. The molecule has 0 N–H and O–H groups in total. The van der Waals surface area contributed by atoms with Gasteiger partial charge in [-0.2, -0.15) is 0 Å². The highest BCUT2D eigenvalue weighted by Gasteiger charge is 2.60. The first-order chi connectivity index (χ1) is 10.9. The standard InChI is InChI=1S/C20H28F2O/c1-19-9-7-13(23)11-12(19)3-4-14-15-5-6-17(18(21)22)20(15,2)10-8-16(14)19/h11,14-18H,3-10H2,1-2H3/t14-,15-,16-,17+,19-,20-/m0/s1. The fourth-order valence-electron chi connectivity index (χ4n) is 7.01. The zero-order valence-electron chi connectivity index (χ0n) is 14.3. The summed E-state index contributed by atoms with van der Waals surface area (Å²) in [6, 6.07) is 0. The predicted octanol–water partition coefficient (Wildman–Crippen LogP) is 5.40. The van der Waals surface area contributed by atoms with Crippen molar-refractivity contribution >= 4 is 5.78 Å².